The molecule has 0 spiro atoms. The van der Waals surface area contributed by atoms with Gasteiger partial charge >= 0.3 is 0 Å². The molecule has 2 saturated heterocycles. The van der Waals surface area contributed by atoms with E-state index >= 15 is 0 Å². The first-order valence-corrected chi connectivity index (χ1v) is 11.4. The number of likely N-dealkylation sites (tertiary alicyclic amines) is 1. The summed E-state index contributed by atoms with van der Waals surface area (Å²) in [6.45, 7) is 2.08. The molecule has 30 heavy (non-hydrogen) atoms. The van der Waals surface area contributed by atoms with E-state index in [2.05, 4.69) is 4.98 Å². The number of carbonyl (C=O) groups excluding carboxylic acids is 2. The van der Waals surface area contributed by atoms with Gasteiger partial charge in [0.15, 0.2) is 0 Å². The lowest BCUT2D eigenvalue weighted by Crippen LogP contribution is -2.41. The first-order valence-electron chi connectivity index (χ1n) is 10.5. The Morgan fingerprint density at radius 3 is 2.90 bits per heavy atom. The van der Waals surface area contributed by atoms with E-state index < -0.39 is 0 Å². The number of thiophene rings is 1. The molecule has 0 radical (unpaired) electrons. The molecule has 1 N–H and O–H groups in total. The molecule has 5 rings (SSSR count). The van der Waals surface area contributed by atoms with Gasteiger partial charge in [0.05, 0.1) is 28.7 Å². The molecule has 3 aliphatic heterocycles. The number of rotatable bonds is 3. The number of carbonyl (C=O) groups is 2. The van der Waals surface area contributed by atoms with E-state index in [4.69, 9.17) is 9.72 Å². The highest BCUT2D eigenvalue weighted by molar-refractivity contribution is 7.12. The Bertz CT molecular complexity index is 1010. The van der Waals surface area contributed by atoms with E-state index in [1.54, 1.807) is 11.0 Å². The lowest BCUT2D eigenvalue weighted by atomic mass is 10.1. The zero-order chi connectivity index (χ0) is 20.7. The summed E-state index contributed by atoms with van der Waals surface area (Å²) in [4.78, 5) is 50.2. The summed E-state index contributed by atoms with van der Waals surface area (Å²) in [5.41, 5.74) is 1.07. The highest BCUT2D eigenvalue weighted by atomic mass is 32.1. The van der Waals surface area contributed by atoms with E-state index in [-0.39, 0.29) is 36.1 Å². The van der Waals surface area contributed by atoms with Crippen LogP contribution in [-0.4, -0.2) is 57.4 Å². The van der Waals surface area contributed by atoms with Crippen molar-refractivity contribution in [1.29, 1.82) is 0 Å². The molecule has 0 aromatic carbocycles. The molecule has 8 nitrogen and oxygen atoms in total. The molecule has 2 amide bonds. The van der Waals surface area contributed by atoms with Gasteiger partial charge in [-0.3, -0.25) is 14.4 Å². The first-order chi connectivity index (χ1) is 14.6. The lowest BCUT2D eigenvalue weighted by Gasteiger charge is -2.29. The zero-order valence-corrected chi connectivity index (χ0v) is 17.5. The molecule has 0 bridgehead atoms. The second kappa shape index (κ2) is 7.96. The number of amides is 2. The topological polar surface area (TPSA) is 95.6 Å². The minimum absolute atomic E-state index is 0.00286. The smallest absolute Gasteiger partial charge is 0.264 e. The second-order valence-corrected chi connectivity index (χ2v) is 8.97. The van der Waals surface area contributed by atoms with Gasteiger partial charge < -0.3 is 19.5 Å². The Morgan fingerprint density at radius 2 is 2.13 bits per heavy atom. The second-order valence-electron chi connectivity index (χ2n) is 8.02. The quantitative estimate of drug-likeness (QED) is 0.805. The van der Waals surface area contributed by atoms with Crippen LogP contribution in [0.5, 0.6) is 0 Å². The number of nitrogens with zero attached hydrogens (tertiary/aromatic N) is 3. The Balaban J connectivity index is 1.37. The van der Waals surface area contributed by atoms with Gasteiger partial charge in [0.2, 0.25) is 0 Å². The van der Waals surface area contributed by atoms with Crippen LogP contribution in [0.25, 0.3) is 0 Å². The number of hydrogen-bond donors (Lipinski definition) is 1. The van der Waals surface area contributed by atoms with Crippen LogP contribution >= 0.6 is 11.3 Å². The average Bonchev–Trinajstić information content (AvgIpc) is 3.54. The van der Waals surface area contributed by atoms with E-state index in [1.807, 2.05) is 16.3 Å². The van der Waals surface area contributed by atoms with E-state index in [0.29, 0.717) is 42.4 Å². The minimum Gasteiger partial charge on any atom is -0.368 e. The standard InChI is InChI=1S/C21H24N4O4S/c26-19-13-12-24(21(28)17-6-3-11-30-17)9-7-14(13)22-18(23-19)15-4-1-8-25(15)20(27)16-5-2-10-29-16/h3,6,11,15-16H,1-2,4-5,7-10,12H2,(H,22,23,26). The molecule has 2 aromatic heterocycles. The van der Waals surface area contributed by atoms with Gasteiger partial charge in [0, 0.05) is 26.1 Å². The van der Waals surface area contributed by atoms with Crippen molar-refractivity contribution in [1.82, 2.24) is 19.8 Å². The molecule has 2 fully saturated rings. The summed E-state index contributed by atoms with van der Waals surface area (Å²) in [6.07, 6.45) is 3.49. The van der Waals surface area contributed by atoms with Crippen LogP contribution in [0.4, 0.5) is 0 Å². The van der Waals surface area contributed by atoms with E-state index in [0.717, 1.165) is 31.4 Å². The molecule has 3 aliphatic rings. The Kier molecular flexibility index (Phi) is 5.16. The summed E-state index contributed by atoms with van der Waals surface area (Å²) in [6, 6.07) is 3.43. The number of nitrogens with one attached hydrogen (secondary N) is 1. The molecule has 2 aromatic rings. The van der Waals surface area contributed by atoms with E-state index in [1.165, 1.54) is 11.3 Å². The monoisotopic (exact) mass is 428 g/mol. The number of aromatic nitrogens is 2. The van der Waals surface area contributed by atoms with Crippen LogP contribution in [0.1, 0.15) is 58.5 Å². The lowest BCUT2D eigenvalue weighted by molar-refractivity contribution is -0.142. The summed E-state index contributed by atoms with van der Waals surface area (Å²) in [5, 5.41) is 1.87. The molecule has 2 unspecified atom stereocenters. The molecule has 158 valence electrons. The highest BCUT2D eigenvalue weighted by Crippen LogP contribution is 2.32. The molecule has 9 heteroatoms. The minimum atomic E-state index is -0.369. The van der Waals surface area contributed by atoms with Crippen molar-refractivity contribution >= 4 is 23.2 Å². The number of aromatic amines is 1. The summed E-state index contributed by atoms with van der Waals surface area (Å²) >= 11 is 1.40. The van der Waals surface area contributed by atoms with Crippen molar-refractivity contribution in [3.05, 3.63) is 49.8 Å². The van der Waals surface area contributed by atoms with Crippen molar-refractivity contribution < 1.29 is 14.3 Å². The van der Waals surface area contributed by atoms with Crippen LogP contribution < -0.4 is 5.56 Å². The summed E-state index contributed by atoms with van der Waals surface area (Å²) < 4.78 is 5.57. The Morgan fingerprint density at radius 1 is 1.23 bits per heavy atom. The Labute approximate surface area is 177 Å². The van der Waals surface area contributed by atoms with Gasteiger partial charge in [-0.05, 0) is 37.1 Å². The molecular formula is C21H24N4O4S. The zero-order valence-electron chi connectivity index (χ0n) is 16.6. The maximum atomic E-state index is 12.9. The third-order valence-corrected chi connectivity index (χ3v) is 7.02. The van der Waals surface area contributed by atoms with Gasteiger partial charge in [0.1, 0.15) is 11.9 Å². The number of H-pyrrole nitrogens is 1. The van der Waals surface area contributed by atoms with Gasteiger partial charge in [-0.25, -0.2) is 4.98 Å². The van der Waals surface area contributed by atoms with Crippen LogP contribution in [0.15, 0.2) is 22.3 Å². The van der Waals surface area contributed by atoms with Gasteiger partial charge in [-0.15, -0.1) is 11.3 Å². The normalized spacial score (nSPS) is 23.6. The Hall–Kier alpha value is -2.52. The van der Waals surface area contributed by atoms with Gasteiger partial charge in [0.25, 0.3) is 17.4 Å². The van der Waals surface area contributed by atoms with Crippen LogP contribution in [0.2, 0.25) is 0 Å². The fraction of sp³-hybridized carbons (Fsp3) is 0.524. The SMILES string of the molecule is O=C(c1cccs1)N1CCc2nc(C3CCCN3C(=O)C3CCCO3)[nH]c(=O)c2C1. The summed E-state index contributed by atoms with van der Waals surface area (Å²) in [7, 11) is 0. The van der Waals surface area contributed by atoms with Crippen LogP contribution in [-0.2, 0) is 22.5 Å². The molecule has 5 heterocycles. The van der Waals surface area contributed by atoms with E-state index in [9.17, 15) is 14.4 Å². The van der Waals surface area contributed by atoms with Crippen LogP contribution in [0, 0.1) is 0 Å². The number of fused-ring (bicyclic) bond motifs is 1. The predicted octanol–water partition coefficient (Wildman–Crippen LogP) is 1.87. The number of ether oxygens (including phenoxy) is 1. The maximum absolute atomic E-state index is 12.9. The maximum Gasteiger partial charge on any atom is 0.264 e. The van der Waals surface area contributed by atoms with Gasteiger partial charge in [-0.1, -0.05) is 6.07 Å². The van der Waals surface area contributed by atoms with Crippen molar-refractivity contribution in [2.45, 2.75) is 50.8 Å². The fourth-order valence-corrected chi connectivity index (χ4v) is 5.29. The highest BCUT2D eigenvalue weighted by Gasteiger charge is 2.37. The third kappa shape index (κ3) is 3.45. The van der Waals surface area contributed by atoms with Crippen molar-refractivity contribution in [2.75, 3.05) is 19.7 Å². The molecular weight excluding hydrogens is 404 g/mol. The van der Waals surface area contributed by atoms with Crippen LogP contribution in [0.3, 0.4) is 0 Å². The van der Waals surface area contributed by atoms with Crippen molar-refractivity contribution in [3.63, 3.8) is 0 Å². The number of hydrogen-bond acceptors (Lipinski definition) is 6. The first kappa shape index (κ1) is 19.4. The fourth-order valence-electron chi connectivity index (χ4n) is 4.60. The van der Waals surface area contributed by atoms with Crippen molar-refractivity contribution in [3.8, 4) is 0 Å². The predicted molar refractivity (Wildman–Crippen MR) is 110 cm³/mol. The summed E-state index contributed by atoms with van der Waals surface area (Å²) in [5.74, 6) is 0.506. The molecule has 0 saturated carbocycles. The average molecular weight is 429 g/mol. The van der Waals surface area contributed by atoms with Crippen molar-refractivity contribution in [2.24, 2.45) is 0 Å². The molecule has 2 atom stereocenters. The largest absolute Gasteiger partial charge is 0.368 e. The molecule has 0 aliphatic carbocycles. The third-order valence-electron chi connectivity index (χ3n) is 6.16. The van der Waals surface area contributed by atoms with Gasteiger partial charge in [-0.2, -0.15) is 0 Å².